The Labute approximate surface area is 106 Å². The van der Waals surface area contributed by atoms with Crippen molar-refractivity contribution in [2.24, 2.45) is 0 Å². The van der Waals surface area contributed by atoms with Gasteiger partial charge >= 0.3 is 58.8 Å². The summed E-state index contributed by atoms with van der Waals surface area (Å²) in [7, 11) is 0. The van der Waals surface area contributed by atoms with Crippen LogP contribution in [0.15, 0.2) is 0 Å². The minimum Gasteiger partial charge on any atom is -1.00 e. The molecule has 0 amide bonds. The summed E-state index contributed by atoms with van der Waals surface area (Å²) in [5.74, 6) is 0. The van der Waals surface area contributed by atoms with E-state index in [0.717, 1.165) is 0 Å². The molecule has 40 valence electrons. The molecule has 0 atom stereocenters. The standard InChI is InChI=1S/Ca.4ClH.Pt/h;4*1H;/q+2;;;;;+2/p-4. The molecule has 0 spiro atoms. The molecule has 0 heterocycles. The minimum absolute atomic E-state index is 0. The summed E-state index contributed by atoms with van der Waals surface area (Å²) in [4.78, 5) is 0. The average Bonchev–Trinajstić information content (AvgIpc) is 0. The zero-order valence-corrected chi connectivity index (χ0v) is 10.0. The topological polar surface area (TPSA) is 0 Å². The number of hydrogen-bond acceptors (Lipinski definition) is 0. The molecular formula is CaCl4Pt. The minimum atomic E-state index is 0. The summed E-state index contributed by atoms with van der Waals surface area (Å²) in [5.41, 5.74) is 0. The van der Waals surface area contributed by atoms with Gasteiger partial charge in [-0.3, -0.25) is 0 Å². The van der Waals surface area contributed by atoms with Gasteiger partial charge in [-0.2, -0.15) is 0 Å². The Balaban J connectivity index is 0. The van der Waals surface area contributed by atoms with Gasteiger partial charge in [0.25, 0.3) is 0 Å². The molecule has 0 saturated carbocycles. The first-order valence-corrected chi connectivity index (χ1v) is 0. The second-order valence-electron chi connectivity index (χ2n) is 0. The summed E-state index contributed by atoms with van der Waals surface area (Å²) in [5, 5.41) is 0. The average molecular weight is 377 g/mol. The van der Waals surface area contributed by atoms with Crippen LogP contribution in [0.25, 0.3) is 0 Å². The maximum atomic E-state index is 0. The number of hydrogen-bond donors (Lipinski definition) is 0. The monoisotopic (exact) mass is 375 g/mol. The van der Waals surface area contributed by atoms with Gasteiger partial charge in [0.1, 0.15) is 0 Å². The first-order valence-electron chi connectivity index (χ1n) is 0. The van der Waals surface area contributed by atoms with Crippen LogP contribution in [0.2, 0.25) is 0 Å². The van der Waals surface area contributed by atoms with E-state index in [1.807, 2.05) is 0 Å². The first-order chi connectivity index (χ1) is 0. The number of rotatable bonds is 0. The van der Waals surface area contributed by atoms with Crippen LogP contribution >= 0.6 is 0 Å². The third kappa shape index (κ3) is 27.5. The van der Waals surface area contributed by atoms with Crippen molar-refractivity contribution in [3.05, 3.63) is 0 Å². The van der Waals surface area contributed by atoms with Crippen LogP contribution in [0, 0.1) is 0 Å². The van der Waals surface area contributed by atoms with Gasteiger partial charge in [0.2, 0.25) is 0 Å². The zero-order valence-electron chi connectivity index (χ0n) is 2.54. The quantitative estimate of drug-likeness (QED) is 0.368. The Morgan fingerprint density at radius 3 is 0.500 bits per heavy atom. The molecule has 6 heteroatoms. The zero-order chi connectivity index (χ0) is 0. The molecule has 0 radical (unpaired) electrons. The third-order valence-corrected chi connectivity index (χ3v) is 0. The van der Waals surface area contributed by atoms with Crippen molar-refractivity contribution in [2.45, 2.75) is 0 Å². The van der Waals surface area contributed by atoms with Crippen molar-refractivity contribution in [3.8, 4) is 0 Å². The maximum Gasteiger partial charge on any atom is 2.00 e. The Morgan fingerprint density at radius 2 is 0.500 bits per heavy atom. The molecule has 0 fully saturated rings. The van der Waals surface area contributed by atoms with Gasteiger partial charge in [-0.25, -0.2) is 0 Å². The van der Waals surface area contributed by atoms with Crippen molar-refractivity contribution in [1.82, 2.24) is 0 Å². The molecule has 6 heavy (non-hydrogen) atoms. The van der Waals surface area contributed by atoms with Crippen LogP contribution in [0.1, 0.15) is 0 Å². The van der Waals surface area contributed by atoms with E-state index in [0.29, 0.717) is 0 Å². The molecule has 0 aliphatic rings. The Bertz CT molecular complexity index is 7.51. The van der Waals surface area contributed by atoms with Gasteiger partial charge in [-0.15, -0.1) is 0 Å². The molecule has 0 N–H and O–H groups in total. The molecule has 0 nitrogen and oxygen atoms in total. The van der Waals surface area contributed by atoms with Crippen molar-refractivity contribution < 1.29 is 70.7 Å². The molecule has 0 unspecified atom stereocenters. The van der Waals surface area contributed by atoms with Crippen molar-refractivity contribution >= 4 is 37.7 Å². The first kappa shape index (κ1) is 62.0. The SMILES string of the molecule is [Ca+2].[Cl-].[Cl-].[Cl-].[Cl-].[Pt+2]. The normalized spacial score (nSPS) is 0. The van der Waals surface area contributed by atoms with Crippen molar-refractivity contribution in [3.63, 3.8) is 0 Å². The van der Waals surface area contributed by atoms with Gasteiger partial charge in [-0.05, 0) is 0 Å². The van der Waals surface area contributed by atoms with Crippen LogP contribution in [0.4, 0.5) is 0 Å². The largest absolute Gasteiger partial charge is 2.00 e. The van der Waals surface area contributed by atoms with E-state index >= 15 is 0 Å². The Hall–Kier alpha value is 3.11. The second-order valence-corrected chi connectivity index (χ2v) is 0. The molecule has 0 saturated heterocycles. The smallest absolute Gasteiger partial charge is 1.00 e. The van der Waals surface area contributed by atoms with E-state index in [9.17, 15) is 0 Å². The molecule has 0 aliphatic heterocycles. The number of halogens is 4. The summed E-state index contributed by atoms with van der Waals surface area (Å²) < 4.78 is 0. The fraction of sp³-hybridized carbons (Fsp3) is 0. The van der Waals surface area contributed by atoms with Crippen molar-refractivity contribution in [1.29, 1.82) is 0 Å². The molecule has 0 aliphatic carbocycles. The molecule has 0 aromatic rings. The second kappa shape index (κ2) is 42.4. The maximum absolute atomic E-state index is 0. The summed E-state index contributed by atoms with van der Waals surface area (Å²) in [6.45, 7) is 0. The van der Waals surface area contributed by atoms with E-state index in [1.165, 1.54) is 0 Å². The summed E-state index contributed by atoms with van der Waals surface area (Å²) in [6, 6.07) is 0. The van der Waals surface area contributed by atoms with E-state index in [2.05, 4.69) is 0 Å². The van der Waals surface area contributed by atoms with Crippen LogP contribution in [0.5, 0.6) is 0 Å². The van der Waals surface area contributed by atoms with E-state index < -0.39 is 0 Å². The fourth-order valence-corrected chi connectivity index (χ4v) is 0. The molecular weight excluding hydrogens is 377 g/mol. The van der Waals surface area contributed by atoms with E-state index in [1.54, 1.807) is 0 Å². The molecule has 0 aromatic carbocycles. The molecule has 0 bridgehead atoms. The van der Waals surface area contributed by atoms with Gasteiger partial charge in [0.05, 0.1) is 0 Å². The van der Waals surface area contributed by atoms with E-state index in [-0.39, 0.29) is 108 Å². The van der Waals surface area contributed by atoms with Gasteiger partial charge in [0.15, 0.2) is 0 Å². The van der Waals surface area contributed by atoms with Crippen LogP contribution in [-0.4, -0.2) is 37.7 Å². The Kier molecular flexibility index (Phi) is 438. The van der Waals surface area contributed by atoms with Crippen LogP contribution in [-0.2, 0) is 21.1 Å². The summed E-state index contributed by atoms with van der Waals surface area (Å²) in [6.07, 6.45) is 0. The molecule has 0 aromatic heterocycles. The van der Waals surface area contributed by atoms with Gasteiger partial charge in [0, 0.05) is 0 Å². The predicted molar refractivity (Wildman–Crippen MR) is 5.75 cm³/mol. The van der Waals surface area contributed by atoms with Gasteiger partial charge in [-0.1, -0.05) is 0 Å². The predicted octanol–water partition coefficient (Wildman–Crippen LogP) is -12.4. The van der Waals surface area contributed by atoms with Crippen LogP contribution < -0.4 is 49.6 Å². The van der Waals surface area contributed by atoms with Gasteiger partial charge < -0.3 is 49.6 Å². The fourth-order valence-electron chi connectivity index (χ4n) is 0. The molecule has 0 rings (SSSR count). The van der Waals surface area contributed by atoms with Crippen molar-refractivity contribution in [2.75, 3.05) is 0 Å². The van der Waals surface area contributed by atoms with E-state index in [4.69, 9.17) is 0 Å². The Morgan fingerprint density at radius 1 is 0.500 bits per heavy atom. The third-order valence-electron chi connectivity index (χ3n) is 0. The summed E-state index contributed by atoms with van der Waals surface area (Å²) >= 11 is 0. The van der Waals surface area contributed by atoms with Crippen LogP contribution in [0.3, 0.4) is 0 Å².